The Balaban J connectivity index is 1.64. The zero-order chi connectivity index (χ0) is 17.6. The van der Waals surface area contributed by atoms with E-state index in [1.807, 2.05) is 18.2 Å². The molecule has 0 aliphatic heterocycles. The molecule has 25 heavy (non-hydrogen) atoms. The summed E-state index contributed by atoms with van der Waals surface area (Å²) >= 11 is 0. The van der Waals surface area contributed by atoms with Crippen LogP contribution >= 0.6 is 0 Å². The molecule has 0 saturated heterocycles. The molecule has 3 heteroatoms. The van der Waals surface area contributed by atoms with Gasteiger partial charge in [-0.25, -0.2) is 0 Å². The van der Waals surface area contributed by atoms with Gasteiger partial charge in [-0.3, -0.25) is 9.69 Å². The summed E-state index contributed by atoms with van der Waals surface area (Å²) in [5, 5.41) is 0. The molecule has 1 aliphatic rings. The van der Waals surface area contributed by atoms with Crippen molar-refractivity contribution < 1.29 is 4.79 Å². The van der Waals surface area contributed by atoms with Crippen LogP contribution in [0.3, 0.4) is 0 Å². The van der Waals surface area contributed by atoms with Crippen LogP contribution in [0.25, 0.3) is 0 Å². The zero-order valence-corrected chi connectivity index (χ0v) is 15.3. The van der Waals surface area contributed by atoms with Crippen LogP contribution in [0.5, 0.6) is 0 Å². The molecule has 0 bridgehead atoms. The monoisotopic (exact) mass is 336 g/mol. The van der Waals surface area contributed by atoms with Gasteiger partial charge in [0.05, 0.1) is 6.54 Å². The number of likely N-dealkylation sites (N-methyl/N-ethyl adjacent to an activating group) is 1. The van der Waals surface area contributed by atoms with Crippen LogP contribution in [-0.2, 0) is 17.9 Å². The highest BCUT2D eigenvalue weighted by Gasteiger charge is 2.32. The molecule has 0 heterocycles. The minimum Gasteiger partial charge on any atom is -0.334 e. The molecule has 0 radical (unpaired) electrons. The molecule has 1 saturated carbocycles. The number of nitrogens with zero attached hydrogens (tertiary/aromatic N) is 2. The number of amides is 1. The predicted molar refractivity (Wildman–Crippen MR) is 102 cm³/mol. The van der Waals surface area contributed by atoms with Crippen molar-refractivity contribution in [3.63, 3.8) is 0 Å². The summed E-state index contributed by atoms with van der Waals surface area (Å²) in [6.45, 7) is 7.20. The topological polar surface area (TPSA) is 23.6 Å². The van der Waals surface area contributed by atoms with Crippen molar-refractivity contribution in [1.82, 2.24) is 9.80 Å². The van der Waals surface area contributed by atoms with E-state index in [0.29, 0.717) is 12.6 Å². The number of carbonyl (C=O) groups is 1. The van der Waals surface area contributed by atoms with E-state index in [-0.39, 0.29) is 5.91 Å². The molecule has 0 aromatic heterocycles. The maximum Gasteiger partial charge on any atom is 0.237 e. The number of hydrogen-bond donors (Lipinski definition) is 0. The molecule has 1 fully saturated rings. The lowest BCUT2D eigenvalue weighted by molar-refractivity contribution is -0.133. The van der Waals surface area contributed by atoms with E-state index >= 15 is 0 Å². The van der Waals surface area contributed by atoms with Crippen LogP contribution in [0.15, 0.2) is 54.6 Å². The van der Waals surface area contributed by atoms with Crippen LogP contribution in [0.1, 0.15) is 36.5 Å². The van der Waals surface area contributed by atoms with Crippen molar-refractivity contribution in [3.05, 3.63) is 71.3 Å². The van der Waals surface area contributed by atoms with Crippen molar-refractivity contribution in [2.75, 3.05) is 13.1 Å². The number of carbonyl (C=O) groups excluding carboxylic acids is 1. The van der Waals surface area contributed by atoms with E-state index in [1.165, 1.54) is 16.7 Å². The Hall–Kier alpha value is -2.13. The summed E-state index contributed by atoms with van der Waals surface area (Å²) in [5.41, 5.74) is 3.81. The smallest absolute Gasteiger partial charge is 0.237 e. The molecule has 0 N–H and O–H groups in total. The third kappa shape index (κ3) is 4.93. The van der Waals surface area contributed by atoms with E-state index in [4.69, 9.17) is 0 Å². The number of benzene rings is 2. The van der Waals surface area contributed by atoms with Crippen LogP contribution < -0.4 is 0 Å². The molecule has 2 aromatic rings. The van der Waals surface area contributed by atoms with Gasteiger partial charge in [0.1, 0.15) is 0 Å². The van der Waals surface area contributed by atoms with Gasteiger partial charge in [-0.05, 0) is 43.0 Å². The minimum absolute atomic E-state index is 0.252. The van der Waals surface area contributed by atoms with Gasteiger partial charge >= 0.3 is 0 Å². The Labute approximate surface area is 151 Å². The van der Waals surface area contributed by atoms with E-state index in [0.717, 1.165) is 32.5 Å². The standard InChI is InChI=1S/C22H28N2O/c1-3-23(16-20-12-8-7-9-18(20)2)17-22(25)24(21-13-14-21)15-19-10-5-4-6-11-19/h4-12,21H,3,13-17H2,1-2H3. The Kier molecular flexibility index (Phi) is 5.87. The van der Waals surface area contributed by atoms with Crippen molar-refractivity contribution in [1.29, 1.82) is 0 Å². The maximum absolute atomic E-state index is 13.0. The van der Waals surface area contributed by atoms with Gasteiger partial charge in [0.2, 0.25) is 5.91 Å². The van der Waals surface area contributed by atoms with Gasteiger partial charge in [-0.2, -0.15) is 0 Å². The normalized spacial score (nSPS) is 13.9. The highest BCUT2D eigenvalue weighted by molar-refractivity contribution is 5.79. The zero-order valence-electron chi connectivity index (χ0n) is 15.3. The van der Waals surface area contributed by atoms with Gasteiger partial charge in [-0.15, -0.1) is 0 Å². The van der Waals surface area contributed by atoms with Gasteiger partial charge in [-0.1, -0.05) is 61.5 Å². The highest BCUT2D eigenvalue weighted by atomic mass is 16.2. The average Bonchev–Trinajstić information content (AvgIpc) is 3.46. The first-order valence-corrected chi connectivity index (χ1v) is 9.27. The highest BCUT2D eigenvalue weighted by Crippen LogP contribution is 2.28. The van der Waals surface area contributed by atoms with Crippen molar-refractivity contribution in [2.45, 2.75) is 45.8 Å². The lowest BCUT2D eigenvalue weighted by Gasteiger charge is -2.27. The average molecular weight is 336 g/mol. The van der Waals surface area contributed by atoms with Crippen molar-refractivity contribution >= 4 is 5.91 Å². The number of rotatable bonds is 8. The Morgan fingerprint density at radius 2 is 1.68 bits per heavy atom. The molecule has 0 unspecified atom stereocenters. The summed E-state index contributed by atoms with van der Waals surface area (Å²) in [6, 6.07) is 19.2. The first-order chi connectivity index (χ1) is 12.2. The lowest BCUT2D eigenvalue weighted by atomic mass is 10.1. The SMILES string of the molecule is CCN(CC(=O)N(Cc1ccccc1)C1CC1)Cc1ccccc1C. The Bertz CT molecular complexity index is 694. The van der Waals surface area contributed by atoms with E-state index in [1.54, 1.807) is 0 Å². The van der Waals surface area contributed by atoms with E-state index in [2.05, 4.69) is 60.0 Å². The van der Waals surface area contributed by atoms with Gasteiger partial charge in [0.25, 0.3) is 0 Å². The second-order valence-electron chi connectivity index (χ2n) is 6.97. The summed E-state index contributed by atoms with van der Waals surface area (Å²) in [4.78, 5) is 17.3. The largest absolute Gasteiger partial charge is 0.334 e. The third-order valence-corrected chi connectivity index (χ3v) is 4.97. The summed E-state index contributed by atoms with van der Waals surface area (Å²) in [7, 11) is 0. The molecular weight excluding hydrogens is 308 g/mol. The summed E-state index contributed by atoms with van der Waals surface area (Å²) in [5.74, 6) is 0.252. The van der Waals surface area contributed by atoms with Crippen LogP contribution in [-0.4, -0.2) is 34.8 Å². The molecule has 3 nitrogen and oxygen atoms in total. The van der Waals surface area contributed by atoms with Gasteiger partial charge < -0.3 is 4.90 Å². The van der Waals surface area contributed by atoms with Crippen LogP contribution in [0.2, 0.25) is 0 Å². The maximum atomic E-state index is 13.0. The molecule has 132 valence electrons. The summed E-state index contributed by atoms with van der Waals surface area (Å²) in [6.07, 6.45) is 2.28. The Morgan fingerprint density at radius 3 is 2.32 bits per heavy atom. The van der Waals surface area contributed by atoms with E-state index < -0.39 is 0 Å². The fourth-order valence-corrected chi connectivity index (χ4v) is 3.18. The molecule has 0 spiro atoms. The van der Waals surface area contributed by atoms with Crippen molar-refractivity contribution in [3.8, 4) is 0 Å². The molecule has 3 rings (SSSR count). The predicted octanol–water partition coefficient (Wildman–Crippen LogP) is 4.01. The Morgan fingerprint density at radius 1 is 1.00 bits per heavy atom. The fourth-order valence-electron chi connectivity index (χ4n) is 3.18. The van der Waals surface area contributed by atoms with E-state index in [9.17, 15) is 4.79 Å². The number of aryl methyl sites for hydroxylation is 1. The molecule has 1 aliphatic carbocycles. The molecule has 1 amide bonds. The first kappa shape index (κ1) is 17.7. The lowest BCUT2D eigenvalue weighted by Crippen LogP contribution is -2.41. The minimum atomic E-state index is 0.252. The van der Waals surface area contributed by atoms with Crippen LogP contribution in [0.4, 0.5) is 0 Å². The molecule has 0 atom stereocenters. The van der Waals surface area contributed by atoms with Crippen molar-refractivity contribution in [2.24, 2.45) is 0 Å². The quantitative estimate of drug-likeness (QED) is 0.727. The third-order valence-electron chi connectivity index (χ3n) is 4.97. The van der Waals surface area contributed by atoms with Gasteiger partial charge in [0, 0.05) is 19.1 Å². The second-order valence-corrected chi connectivity index (χ2v) is 6.97. The molecular formula is C22H28N2O. The molecule has 2 aromatic carbocycles. The number of hydrogen-bond acceptors (Lipinski definition) is 2. The second kappa shape index (κ2) is 8.30. The first-order valence-electron chi connectivity index (χ1n) is 9.27. The fraction of sp³-hybridized carbons (Fsp3) is 0.409. The van der Waals surface area contributed by atoms with Gasteiger partial charge in [0.15, 0.2) is 0 Å². The summed E-state index contributed by atoms with van der Waals surface area (Å²) < 4.78 is 0. The van der Waals surface area contributed by atoms with Crippen LogP contribution in [0, 0.1) is 6.92 Å².